The van der Waals surface area contributed by atoms with Crippen molar-refractivity contribution in [2.75, 3.05) is 18.0 Å². The first-order valence-electron chi connectivity index (χ1n) is 9.83. The van der Waals surface area contributed by atoms with Crippen molar-refractivity contribution in [2.45, 2.75) is 38.0 Å². The van der Waals surface area contributed by atoms with Crippen LogP contribution in [0.3, 0.4) is 0 Å². The molecule has 2 fully saturated rings. The van der Waals surface area contributed by atoms with Crippen LogP contribution in [0.4, 0.5) is 10.6 Å². The van der Waals surface area contributed by atoms with Crippen molar-refractivity contribution < 1.29 is 9.53 Å². The predicted molar refractivity (Wildman–Crippen MR) is 106 cm³/mol. The number of hydrogen-bond acceptors (Lipinski definition) is 5. The van der Waals surface area contributed by atoms with Gasteiger partial charge in [-0.1, -0.05) is 30.3 Å². The lowest BCUT2D eigenvalue weighted by molar-refractivity contribution is 0.0872. The first-order chi connectivity index (χ1) is 13.8. The summed E-state index contributed by atoms with van der Waals surface area (Å²) >= 11 is 0. The number of carbonyl (C=O) groups excluding carboxylic acids is 1. The number of amides is 1. The molecule has 7 heteroatoms. The molecule has 144 valence electrons. The number of aromatic nitrogens is 3. The molecule has 0 radical (unpaired) electrons. The maximum atomic E-state index is 12.7. The van der Waals surface area contributed by atoms with Crippen LogP contribution in [0.2, 0.25) is 0 Å². The van der Waals surface area contributed by atoms with Gasteiger partial charge in [-0.2, -0.15) is 0 Å². The van der Waals surface area contributed by atoms with Crippen LogP contribution in [0.5, 0.6) is 0 Å². The van der Waals surface area contributed by atoms with Gasteiger partial charge in [-0.05, 0) is 30.9 Å². The molecule has 28 heavy (non-hydrogen) atoms. The topological polar surface area (TPSA) is 74.3 Å². The molecule has 2 aromatic heterocycles. The van der Waals surface area contributed by atoms with Crippen molar-refractivity contribution in [3.05, 3.63) is 54.5 Å². The number of ether oxygens (including phenoxy) is 1. The van der Waals surface area contributed by atoms with Crippen molar-refractivity contribution in [3.8, 4) is 0 Å². The first-order valence-corrected chi connectivity index (χ1v) is 9.83. The summed E-state index contributed by atoms with van der Waals surface area (Å²) in [4.78, 5) is 29.0. The molecule has 3 aromatic rings. The van der Waals surface area contributed by atoms with Crippen LogP contribution in [0.1, 0.15) is 24.8 Å². The highest BCUT2D eigenvalue weighted by Gasteiger charge is 2.43. The highest BCUT2D eigenvalue weighted by atomic mass is 16.6. The van der Waals surface area contributed by atoms with E-state index >= 15 is 0 Å². The zero-order valence-electron chi connectivity index (χ0n) is 15.6. The van der Waals surface area contributed by atoms with Crippen LogP contribution < -0.4 is 4.90 Å². The first kappa shape index (κ1) is 17.0. The van der Waals surface area contributed by atoms with Gasteiger partial charge in [0, 0.05) is 19.3 Å². The fourth-order valence-electron chi connectivity index (χ4n) is 4.57. The third kappa shape index (κ3) is 2.96. The van der Waals surface area contributed by atoms with Crippen molar-refractivity contribution in [1.29, 1.82) is 0 Å². The minimum absolute atomic E-state index is 0.168. The highest BCUT2D eigenvalue weighted by molar-refractivity contribution is 5.87. The SMILES string of the molecule is O=C(OCc1ccccc1)N1CCC2C1CCCN2c1ncnc2[nH]ccc12. The molecular formula is C21H23N5O2. The molecule has 0 spiro atoms. The standard InChI is InChI=1S/C21H23N5O2/c27-21(28-13-15-5-2-1-3-6-15)26-12-9-18-17(26)7-4-11-25(18)20-16-8-10-22-19(16)23-14-24-20/h1-3,5-6,8,10,14,17-18H,4,7,9,11-13H2,(H,22,23,24). The van der Waals surface area contributed by atoms with Crippen molar-refractivity contribution in [2.24, 2.45) is 0 Å². The minimum atomic E-state index is -0.215. The number of carbonyl (C=O) groups is 1. The normalized spacial score (nSPS) is 21.7. The smallest absolute Gasteiger partial charge is 0.410 e. The van der Waals surface area contributed by atoms with Crippen LogP contribution in [-0.2, 0) is 11.3 Å². The predicted octanol–water partition coefficient (Wildman–Crippen LogP) is 3.34. The number of H-pyrrole nitrogens is 1. The van der Waals surface area contributed by atoms with Gasteiger partial charge in [-0.25, -0.2) is 14.8 Å². The molecule has 4 heterocycles. The summed E-state index contributed by atoms with van der Waals surface area (Å²) in [6, 6.07) is 12.3. The molecule has 7 nitrogen and oxygen atoms in total. The molecule has 5 rings (SSSR count). The van der Waals surface area contributed by atoms with Crippen molar-refractivity contribution in [1.82, 2.24) is 19.9 Å². The van der Waals surface area contributed by atoms with Crippen molar-refractivity contribution >= 4 is 22.9 Å². The number of nitrogens with one attached hydrogen (secondary N) is 1. The lowest BCUT2D eigenvalue weighted by Gasteiger charge is -2.40. The van der Waals surface area contributed by atoms with Gasteiger partial charge in [-0.3, -0.25) is 0 Å². The van der Waals surface area contributed by atoms with E-state index in [1.165, 1.54) is 0 Å². The van der Waals surface area contributed by atoms with Crippen LogP contribution in [0.25, 0.3) is 11.0 Å². The molecular weight excluding hydrogens is 354 g/mol. The van der Waals surface area contributed by atoms with Crippen LogP contribution in [0, 0.1) is 0 Å². The van der Waals surface area contributed by atoms with Crippen molar-refractivity contribution in [3.63, 3.8) is 0 Å². The number of likely N-dealkylation sites (tertiary alicyclic amines) is 1. The third-order valence-corrected chi connectivity index (χ3v) is 5.85. The molecule has 0 bridgehead atoms. The van der Waals surface area contributed by atoms with Crippen LogP contribution in [0.15, 0.2) is 48.9 Å². The molecule has 2 saturated heterocycles. The Morgan fingerprint density at radius 2 is 2.00 bits per heavy atom. The van der Waals surface area contributed by atoms with E-state index in [4.69, 9.17) is 4.74 Å². The van der Waals surface area contributed by atoms with Gasteiger partial charge in [0.1, 0.15) is 24.4 Å². The Labute approximate surface area is 163 Å². The Kier molecular flexibility index (Phi) is 4.35. The zero-order valence-corrected chi connectivity index (χ0v) is 15.6. The molecule has 2 aliphatic rings. The number of hydrogen-bond donors (Lipinski definition) is 1. The summed E-state index contributed by atoms with van der Waals surface area (Å²) in [6.45, 7) is 1.99. The molecule has 2 atom stereocenters. The fourth-order valence-corrected chi connectivity index (χ4v) is 4.57. The Morgan fingerprint density at radius 1 is 1.11 bits per heavy atom. The average Bonchev–Trinajstić information content (AvgIpc) is 3.39. The van der Waals surface area contributed by atoms with E-state index in [1.807, 2.05) is 47.5 Å². The molecule has 2 aliphatic heterocycles. The lowest BCUT2D eigenvalue weighted by Crippen LogP contribution is -2.51. The van der Waals surface area contributed by atoms with Crippen LogP contribution in [-0.4, -0.2) is 51.1 Å². The maximum absolute atomic E-state index is 12.7. The van der Waals surface area contributed by atoms with E-state index in [-0.39, 0.29) is 18.2 Å². The monoisotopic (exact) mass is 377 g/mol. The molecule has 1 N–H and O–H groups in total. The second-order valence-corrected chi connectivity index (χ2v) is 7.43. The van der Waals surface area contributed by atoms with Gasteiger partial charge in [0.25, 0.3) is 0 Å². The molecule has 1 aromatic carbocycles. The van der Waals surface area contributed by atoms with E-state index in [0.717, 1.165) is 54.8 Å². The van der Waals surface area contributed by atoms with Gasteiger partial charge in [0.15, 0.2) is 0 Å². The van der Waals surface area contributed by atoms with Gasteiger partial charge in [0.2, 0.25) is 0 Å². The number of rotatable bonds is 3. The summed E-state index contributed by atoms with van der Waals surface area (Å²) in [5.41, 5.74) is 1.86. The second-order valence-electron chi connectivity index (χ2n) is 7.43. The lowest BCUT2D eigenvalue weighted by atomic mass is 9.96. The van der Waals surface area contributed by atoms with E-state index in [9.17, 15) is 4.79 Å². The summed E-state index contributed by atoms with van der Waals surface area (Å²) in [5.74, 6) is 0.959. The summed E-state index contributed by atoms with van der Waals surface area (Å²) < 4.78 is 5.60. The number of nitrogens with zero attached hydrogens (tertiary/aromatic N) is 4. The summed E-state index contributed by atoms with van der Waals surface area (Å²) in [7, 11) is 0. The van der Waals surface area contributed by atoms with Gasteiger partial charge in [-0.15, -0.1) is 0 Å². The molecule has 0 aliphatic carbocycles. The van der Waals surface area contributed by atoms with E-state index < -0.39 is 0 Å². The van der Waals surface area contributed by atoms with E-state index in [2.05, 4.69) is 19.9 Å². The molecule has 2 unspecified atom stereocenters. The van der Waals surface area contributed by atoms with Gasteiger partial charge < -0.3 is 19.5 Å². The third-order valence-electron chi connectivity index (χ3n) is 5.85. The summed E-state index contributed by atoms with van der Waals surface area (Å²) in [5, 5.41) is 1.04. The Hall–Kier alpha value is -3.09. The highest BCUT2D eigenvalue weighted by Crippen LogP contribution is 2.35. The van der Waals surface area contributed by atoms with E-state index in [1.54, 1.807) is 6.33 Å². The average molecular weight is 377 g/mol. The Balaban J connectivity index is 1.32. The maximum Gasteiger partial charge on any atom is 0.410 e. The number of benzene rings is 1. The van der Waals surface area contributed by atoms with Crippen LogP contribution >= 0.6 is 0 Å². The number of anilines is 1. The quantitative estimate of drug-likeness (QED) is 0.758. The number of fused-ring (bicyclic) bond motifs is 2. The molecule has 0 saturated carbocycles. The minimum Gasteiger partial charge on any atom is -0.445 e. The second kappa shape index (κ2) is 7.14. The largest absolute Gasteiger partial charge is 0.445 e. The molecule has 1 amide bonds. The summed E-state index contributed by atoms with van der Waals surface area (Å²) in [6.07, 6.45) is 6.25. The van der Waals surface area contributed by atoms with Gasteiger partial charge in [0.05, 0.1) is 17.5 Å². The Bertz CT molecular complexity index is 973. The van der Waals surface area contributed by atoms with E-state index in [0.29, 0.717) is 6.61 Å². The number of piperidine rings is 1. The Morgan fingerprint density at radius 3 is 2.89 bits per heavy atom. The van der Waals surface area contributed by atoms with Gasteiger partial charge >= 0.3 is 6.09 Å². The fraction of sp³-hybridized carbons (Fsp3) is 0.381. The number of aromatic amines is 1. The zero-order chi connectivity index (χ0) is 18.9.